The molecule has 1 aromatic heterocycles. The number of aromatic nitrogens is 1. The highest BCUT2D eigenvalue weighted by atomic mass is 32.2. The van der Waals surface area contributed by atoms with Gasteiger partial charge in [-0.25, -0.2) is 8.42 Å². The Morgan fingerprint density at radius 1 is 1.12 bits per heavy atom. The summed E-state index contributed by atoms with van der Waals surface area (Å²) in [6, 6.07) is 16.4. The van der Waals surface area contributed by atoms with Gasteiger partial charge < -0.3 is 19.1 Å². The zero-order valence-corrected chi connectivity index (χ0v) is 20.4. The van der Waals surface area contributed by atoms with E-state index in [2.05, 4.69) is 5.16 Å². The minimum absolute atomic E-state index is 0.0435. The first-order valence-corrected chi connectivity index (χ1v) is 13.1. The number of hydrogen-bond donors (Lipinski definition) is 0. The maximum absolute atomic E-state index is 13.5. The lowest BCUT2D eigenvalue weighted by Gasteiger charge is -2.27. The van der Waals surface area contributed by atoms with Gasteiger partial charge in [-0.2, -0.15) is 0 Å². The fourth-order valence-electron chi connectivity index (χ4n) is 4.03. The second-order valence-corrected chi connectivity index (χ2v) is 10.8. The van der Waals surface area contributed by atoms with E-state index in [1.807, 2.05) is 74.4 Å². The molecule has 0 N–H and O–H groups in total. The third-order valence-corrected chi connectivity index (χ3v) is 7.65. The SMILES string of the molecule is CCOc1ccc(-c2cc(C(=O)N(Cc3ccc(N(C)C)cc3)[C@@H]3CCS(=O)(=O)C3)no2)cc1. The summed E-state index contributed by atoms with van der Waals surface area (Å²) in [5, 5.41) is 4.01. The molecule has 0 bridgehead atoms. The molecule has 0 spiro atoms. The third kappa shape index (κ3) is 5.41. The molecule has 34 heavy (non-hydrogen) atoms. The molecule has 0 saturated carbocycles. The van der Waals surface area contributed by atoms with Gasteiger partial charge in [0.25, 0.3) is 5.91 Å². The first-order chi connectivity index (χ1) is 16.3. The van der Waals surface area contributed by atoms with Crippen LogP contribution in [0.4, 0.5) is 5.69 Å². The number of anilines is 1. The predicted molar refractivity (Wildman–Crippen MR) is 131 cm³/mol. The molecule has 0 radical (unpaired) electrons. The van der Waals surface area contributed by atoms with E-state index in [1.165, 1.54) is 0 Å². The normalized spacial score (nSPS) is 16.9. The Kier molecular flexibility index (Phi) is 6.92. The molecule has 9 heteroatoms. The van der Waals surface area contributed by atoms with E-state index in [0.29, 0.717) is 18.8 Å². The number of nitrogens with zero attached hydrogens (tertiary/aromatic N) is 3. The zero-order chi connectivity index (χ0) is 24.3. The number of sulfone groups is 1. The van der Waals surface area contributed by atoms with Gasteiger partial charge in [-0.05, 0) is 55.3 Å². The van der Waals surface area contributed by atoms with Crippen molar-refractivity contribution in [1.82, 2.24) is 10.1 Å². The number of rotatable bonds is 8. The summed E-state index contributed by atoms with van der Waals surface area (Å²) in [7, 11) is 0.749. The van der Waals surface area contributed by atoms with Gasteiger partial charge in [0.05, 0.1) is 18.1 Å². The summed E-state index contributed by atoms with van der Waals surface area (Å²) in [5.41, 5.74) is 2.88. The summed E-state index contributed by atoms with van der Waals surface area (Å²) >= 11 is 0. The molecule has 1 fully saturated rings. The average Bonchev–Trinajstić information content (AvgIpc) is 3.45. The first-order valence-electron chi connectivity index (χ1n) is 11.2. The van der Waals surface area contributed by atoms with E-state index in [-0.39, 0.29) is 29.7 Å². The molecule has 3 aromatic rings. The average molecular weight is 484 g/mol. The minimum Gasteiger partial charge on any atom is -0.494 e. The monoisotopic (exact) mass is 483 g/mol. The van der Waals surface area contributed by atoms with E-state index in [9.17, 15) is 13.2 Å². The Labute approximate surface area is 200 Å². The van der Waals surface area contributed by atoms with Crippen LogP contribution in [0.2, 0.25) is 0 Å². The quantitative estimate of drug-likeness (QED) is 0.483. The Morgan fingerprint density at radius 3 is 2.41 bits per heavy atom. The molecule has 1 saturated heterocycles. The third-order valence-electron chi connectivity index (χ3n) is 5.89. The fourth-order valence-corrected chi connectivity index (χ4v) is 5.76. The smallest absolute Gasteiger partial charge is 0.276 e. The summed E-state index contributed by atoms with van der Waals surface area (Å²) in [6.45, 7) is 2.78. The van der Waals surface area contributed by atoms with Crippen LogP contribution < -0.4 is 9.64 Å². The topological polar surface area (TPSA) is 93.0 Å². The lowest BCUT2D eigenvalue weighted by atomic mass is 10.1. The molecule has 1 atom stereocenters. The summed E-state index contributed by atoms with van der Waals surface area (Å²) in [4.78, 5) is 17.1. The summed E-state index contributed by atoms with van der Waals surface area (Å²) < 4.78 is 35.2. The van der Waals surface area contributed by atoms with Gasteiger partial charge in [0.15, 0.2) is 21.3 Å². The van der Waals surface area contributed by atoms with Crippen LogP contribution in [0.25, 0.3) is 11.3 Å². The summed E-state index contributed by atoms with van der Waals surface area (Å²) in [6.07, 6.45) is 0.410. The van der Waals surface area contributed by atoms with Crippen molar-refractivity contribution >= 4 is 21.4 Å². The number of amides is 1. The molecule has 1 aliphatic rings. The highest BCUT2D eigenvalue weighted by Gasteiger charge is 2.36. The number of ether oxygens (including phenoxy) is 1. The van der Waals surface area contributed by atoms with Gasteiger partial charge in [-0.1, -0.05) is 17.3 Å². The van der Waals surface area contributed by atoms with Crippen LogP contribution in [0.15, 0.2) is 59.1 Å². The van der Waals surface area contributed by atoms with Gasteiger partial charge in [0.1, 0.15) is 5.75 Å². The molecule has 0 unspecified atom stereocenters. The van der Waals surface area contributed by atoms with Crippen LogP contribution in [-0.4, -0.2) is 62.6 Å². The Balaban J connectivity index is 1.58. The molecule has 4 rings (SSSR count). The number of benzene rings is 2. The fraction of sp³-hybridized carbons (Fsp3) is 0.360. The highest BCUT2D eigenvalue weighted by Crippen LogP contribution is 2.26. The largest absolute Gasteiger partial charge is 0.494 e. The van der Waals surface area contributed by atoms with Crippen molar-refractivity contribution in [2.24, 2.45) is 0 Å². The highest BCUT2D eigenvalue weighted by molar-refractivity contribution is 7.91. The molecule has 1 aliphatic heterocycles. The second-order valence-electron chi connectivity index (χ2n) is 8.58. The molecule has 8 nitrogen and oxygen atoms in total. The number of carbonyl (C=O) groups is 1. The van der Waals surface area contributed by atoms with Crippen molar-refractivity contribution < 1.29 is 22.5 Å². The van der Waals surface area contributed by atoms with E-state index >= 15 is 0 Å². The van der Waals surface area contributed by atoms with Crippen LogP contribution in [-0.2, 0) is 16.4 Å². The Hall–Kier alpha value is -3.33. The van der Waals surface area contributed by atoms with E-state index in [1.54, 1.807) is 11.0 Å². The Morgan fingerprint density at radius 2 is 1.82 bits per heavy atom. The van der Waals surface area contributed by atoms with Gasteiger partial charge in [0, 0.05) is 44.0 Å². The van der Waals surface area contributed by atoms with Gasteiger partial charge in [-0.3, -0.25) is 4.79 Å². The molecular formula is C25H29N3O5S. The summed E-state index contributed by atoms with van der Waals surface area (Å²) in [5.74, 6) is 0.895. The zero-order valence-electron chi connectivity index (χ0n) is 19.6. The van der Waals surface area contributed by atoms with Crippen molar-refractivity contribution in [2.75, 3.05) is 37.1 Å². The maximum Gasteiger partial charge on any atom is 0.276 e. The lowest BCUT2D eigenvalue weighted by Crippen LogP contribution is -2.40. The van der Waals surface area contributed by atoms with Crippen LogP contribution in [0, 0.1) is 0 Å². The van der Waals surface area contributed by atoms with Crippen LogP contribution in [0.1, 0.15) is 29.4 Å². The molecule has 0 aliphatic carbocycles. The molecule has 1 amide bonds. The van der Waals surface area contributed by atoms with Crippen LogP contribution in [0.5, 0.6) is 5.75 Å². The molecule has 180 valence electrons. The van der Waals surface area contributed by atoms with Crippen molar-refractivity contribution in [3.05, 3.63) is 65.9 Å². The van der Waals surface area contributed by atoms with Crippen LogP contribution in [0.3, 0.4) is 0 Å². The van der Waals surface area contributed by atoms with Gasteiger partial charge >= 0.3 is 0 Å². The van der Waals surface area contributed by atoms with Gasteiger partial charge in [-0.15, -0.1) is 0 Å². The predicted octanol–water partition coefficient (Wildman–Crippen LogP) is 3.64. The molecular weight excluding hydrogens is 454 g/mol. The van der Waals surface area contributed by atoms with Crippen molar-refractivity contribution in [1.29, 1.82) is 0 Å². The number of hydrogen-bond acceptors (Lipinski definition) is 7. The van der Waals surface area contributed by atoms with Crippen LogP contribution >= 0.6 is 0 Å². The number of carbonyl (C=O) groups excluding carboxylic acids is 1. The van der Waals surface area contributed by atoms with Crippen molar-refractivity contribution in [3.63, 3.8) is 0 Å². The lowest BCUT2D eigenvalue weighted by molar-refractivity contribution is 0.0670. The first kappa shape index (κ1) is 23.8. The van der Waals surface area contributed by atoms with Crippen molar-refractivity contribution in [2.45, 2.75) is 25.9 Å². The minimum atomic E-state index is -3.17. The van der Waals surface area contributed by atoms with E-state index in [0.717, 1.165) is 22.6 Å². The Bertz CT molecular complexity index is 1230. The van der Waals surface area contributed by atoms with Gasteiger partial charge in [0.2, 0.25) is 0 Å². The van der Waals surface area contributed by atoms with E-state index in [4.69, 9.17) is 9.26 Å². The molecule has 2 aromatic carbocycles. The van der Waals surface area contributed by atoms with E-state index < -0.39 is 15.9 Å². The molecule has 2 heterocycles. The maximum atomic E-state index is 13.5. The standard InChI is InChI=1S/C25H29N3O5S/c1-4-32-22-11-7-19(8-12-22)24-15-23(26-33-24)25(29)28(21-13-14-34(30,31)17-21)16-18-5-9-20(10-6-18)27(2)3/h5-12,15,21H,4,13-14,16-17H2,1-3H3/t21-/m1/s1. The van der Waals surface area contributed by atoms with Crippen molar-refractivity contribution in [3.8, 4) is 17.1 Å². The second kappa shape index (κ2) is 9.89.